The molecule has 0 aliphatic heterocycles. The molecular formula is C22H25F3N3O6PS. The standard InChI is InChI=1S/C22H25F3N3O6PS/c1-21(26,14-34-35(29,30)31)20-28-27-19(36-20)16-7-8-18(17(13-16)22(23,24)25)33-12-11-32-10-9-15-5-3-2-4-6-15/h2-8,13H,9-12,14,26H2,1H3,(H2,29,30,31). The Morgan fingerprint density at radius 2 is 1.78 bits per heavy atom. The highest BCUT2D eigenvalue weighted by molar-refractivity contribution is 7.46. The summed E-state index contributed by atoms with van der Waals surface area (Å²) >= 11 is 0.885. The molecule has 1 heterocycles. The van der Waals surface area contributed by atoms with Gasteiger partial charge in [-0.2, -0.15) is 13.2 Å². The lowest BCUT2D eigenvalue weighted by molar-refractivity contribution is -0.139. The fourth-order valence-corrected chi connectivity index (χ4v) is 4.33. The van der Waals surface area contributed by atoms with Gasteiger partial charge in [0.15, 0.2) is 0 Å². The summed E-state index contributed by atoms with van der Waals surface area (Å²) in [6, 6.07) is 13.2. The number of nitrogens with zero attached hydrogens (tertiary/aromatic N) is 2. The van der Waals surface area contributed by atoms with Gasteiger partial charge in [-0.1, -0.05) is 41.7 Å². The molecule has 0 fully saturated rings. The molecule has 9 nitrogen and oxygen atoms in total. The highest BCUT2D eigenvalue weighted by Crippen LogP contribution is 2.41. The number of phosphoric acid groups is 1. The zero-order valence-electron chi connectivity index (χ0n) is 19.1. The van der Waals surface area contributed by atoms with Crippen molar-refractivity contribution in [3.05, 3.63) is 64.7 Å². The van der Waals surface area contributed by atoms with E-state index in [1.807, 2.05) is 30.3 Å². The molecule has 0 bridgehead atoms. The molecule has 1 atom stereocenters. The number of hydrogen-bond donors (Lipinski definition) is 3. The van der Waals surface area contributed by atoms with Gasteiger partial charge in [0.1, 0.15) is 22.4 Å². The maximum atomic E-state index is 13.7. The molecule has 0 spiro atoms. The van der Waals surface area contributed by atoms with Crippen LogP contribution in [0.15, 0.2) is 48.5 Å². The number of ether oxygens (including phenoxy) is 2. The van der Waals surface area contributed by atoms with Crippen LogP contribution in [-0.4, -0.2) is 46.4 Å². The zero-order valence-corrected chi connectivity index (χ0v) is 20.9. The van der Waals surface area contributed by atoms with E-state index in [1.54, 1.807) is 0 Å². The Hall–Kier alpha value is -2.38. The number of phosphoric ester groups is 1. The molecule has 0 saturated carbocycles. The lowest BCUT2D eigenvalue weighted by atomic mass is 10.1. The van der Waals surface area contributed by atoms with Gasteiger partial charge in [-0.15, -0.1) is 10.2 Å². The largest absolute Gasteiger partial charge is 0.491 e. The van der Waals surface area contributed by atoms with Gasteiger partial charge in [-0.05, 0) is 37.1 Å². The van der Waals surface area contributed by atoms with Crippen molar-refractivity contribution in [2.75, 3.05) is 26.4 Å². The van der Waals surface area contributed by atoms with E-state index in [-0.39, 0.29) is 34.5 Å². The zero-order chi connectivity index (χ0) is 26.4. The second kappa shape index (κ2) is 11.8. The molecule has 4 N–H and O–H groups in total. The van der Waals surface area contributed by atoms with Crippen molar-refractivity contribution in [1.82, 2.24) is 10.2 Å². The lowest BCUT2D eigenvalue weighted by Gasteiger charge is -2.21. The van der Waals surface area contributed by atoms with Crippen molar-refractivity contribution >= 4 is 19.2 Å². The van der Waals surface area contributed by atoms with Crippen LogP contribution >= 0.6 is 19.2 Å². The molecule has 0 radical (unpaired) electrons. The summed E-state index contributed by atoms with van der Waals surface area (Å²) in [5.41, 5.74) is 4.83. The summed E-state index contributed by atoms with van der Waals surface area (Å²) < 4.78 is 67.3. The highest BCUT2D eigenvalue weighted by Gasteiger charge is 2.35. The maximum absolute atomic E-state index is 13.7. The normalized spacial score (nSPS) is 14.0. The molecule has 1 aromatic heterocycles. The van der Waals surface area contributed by atoms with Crippen molar-refractivity contribution in [3.63, 3.8) is 0 Å². The number of rotatable bonds is 12. The van der Waals surface area contributed by atoms with Gasteiger partial charge < -0.3 is 25.0 Å². The van der Waals surface area contributed by atoms with E-state index in [9.17, 15) is 17.7 Å². The smallest absolute Gasteiger partial charge is 0.469 e. The highest BCUT2D eigenvalue weighted by atomic mass is 32.1. The summed E-state index contributed by atoms with van der Waals surface area (Å²) in [6.07, 6.45) is -4.01. The third-order valence-corrected chi connectivity index (χ3v) is 6.56. The van der Waals surface area contributed by atoms with Crippen LogP contribution in [0.1, 0.15) is 23.1 Å². The number of halogens is 3. The summed E-state index contributed by atoms with van der Waals surface area (Å²) in [5, 5.41) is 8.01. The quantitative estimate of drug-likeness (QED) is 0.226. The SMILES string of the molecule is CC(N)(COP(=O)(O)O)c1nnc(-c2ccc(OCCOCCc3ccccc3)c(C(F)(F)F)c2)s1. The summed E-state index contributed by atoms with van der Waals surface area (Å²) in [5.74, 6) is -0.346. The second-order valence-electron chi connectivity index (χ2n) is 8.00. The molecule has 0 amide bonds. The maximum Gasteiger partial charge on any atom is 0.469 e. The Morgan fingerprint density at radius 1 is 1.06 bits per heavy atom. The number of alkyl halides is 3. The van der Waals surface area contributed by atoms with E-state index in [2.05, 4.69) is 14.7 Å². The van der Waals surface area contributed by atoms with Gasteiger partial charge in [0.2, 0.25) is 0 Å². The lowest BCUT2D eigenvalue weighted by Crippen LogP contribution is -2.37. The Balaban J connectivity index is 1.64. The van der Waals surface area contributed by atoms with Gasteiger partial charge in [-0.3, -0.25) is 4.52 Å². The Bertz CT molecular complexity index is 1190. The van der Waals surface area contributed by atoms with E-state index >= 15 is 0 Å². The number of aromatic nitrogens is 2. The van der Waals surface area contributed by atoms with Crippen LogP contribution in [0.25, 0.3) is 10.6 Å². The van der Waals surface area contributed by atoms with Gasteiger partial charge >= 0.3 is 14.0 Å². The first-order valence-corrected chi connectivity index (χ1v) is 13.0. The minimum atomic E-state index is -4.77. The number of benzene rings is 2. The number of hydrogen-bond acceptors (Lipinski definition) is 8. The molecule has 0 aliphatic rings. The second-order valence-corrected chi connectivity index (χ2v) is 10.2. The van der Waals surface area contributed by atoms with Crippen molar-refractivity contribution in [1.29, 1.82) is 0 Å². The van der Waals surface area contributed by atoms with Crippen LogP contribution < -0.4 is 10.5 Å². The average molecular weight is 547 g/mol. The summed E-state index contributed by atoms with van der Waals surface area (Å²) in [6.45, 7) is 1.31. The first-order valence-electron chi connectivity index (χ1n) is 10.6. The first kappa shape index (κ1) is 28.2. The van der Waals surface area contributed by atoms with Gasteiger partial charge in [0.25, 0.3) is 0 Å². The number of nitrogens with two attached hydrogens (primary N) is 1. The van der Waals surface area contributed by atoms with E-state index in [4.69, 9.17) is 25.0 Å². The third kappa shape index (κ3) is 8.34. The third-order valence-electron chi connectivity index (χ3n) is 4.84. The van der Waals surface area contributed by atoms with Crippen molar-refractivity contribution in [3.8, 4) is 16.3 Å². The van der Waals surface area contributed by atoms with Crippen LogP contribution in [0.3, 0.4) is 0 Å². The molecule has 2 aromatic carbocycles. The van der Waals surface area contributed by atoms with E-state index in [0.717, 1.165) is 23.0 Å². The van der Waals surface area contributed by atoms with Crippen LogP contribution in [0.2, 0.25) is 0 Å². The average Bonchev–Trinajstić information content (AvgIpc) is 3.31. The monoisotopic (exact) mass is 547 g/mol. The topological polar surface area (TPSA) is 137 Å². The summed E-state index contributed by atoms with van der Waals surface area (Å²) in [4.78, 5) is 17.7. The van der Waals surface area contributed by atoms with Crippen LogP contribution in [0, 0.1) is 0 Å². The predicted molar refractivity (Wildman–Crippen MR) is 126 cm³/mol. The minimum absolute atomic E-state index is 0.0642. The van der Waals surface area contributed by atoms with Crippen LogP contribution in [0.5, 0.6) is 5.75 Å². The predicted octanol–water partition coefficient (Wildman–Crippen LogP) is 4.15. The fraction of sp³-hybridized carbons (Fsp3) is 0.364. The molecular weight excluding hydrogens is 522 g/mol. The van der Waals surface area contributed by atoms with Gasteiger partial charge in [0.05, 0.1) is 30.9 Å². The molecule has 0 aliphatic carbocycles. The molecule has 1 unspecified atom stereocenters. The van der Waals surface area contributed by atoms with Crippen molar-refractivity contribution in [2.45, 2.75) is 25.1 Å². The molecule has 3 aromatic rings. The van der Waals surface area contributed by atoms with Crippen LogP contribution in [0.4, 0.5) is 13.2 Å². The molecule has 196 valence electrons. The molecule has 0 saturated heterocycles. The molecule has 3 rings (SSSR count). The fourth-order valence-electron chi connectivity index (χ4n) is 3.01. The molecule has 14 heteroatoms. The van der Waals surface area contributed by atoms with Gasteiger partial charge in [-0.25, -0.2) is 4.57 Å². The van der Waals surface area contributed by atoms with Crippen molar-refractivity contribution < 1.29 is 41.5 Å². The van der Waals surface area contributed by atoms with E-state index < -0.39 is 31.7 Å². The van der Waals surface area contributed by atoms with Crippen LogP contribution in [-0.2, 0) is 32.0 Å². The Morgan fingerprint density at radius 3 is 2.44 bits per heavy atom. The Kier molecular flexibility index (Phi) is 9.23. The first-order chi connectivity index (χ1) is 16.9. The summed E-state index contributed by atoms with van der Waals surface area (Å²) in [7, 11) is -4.77. The van der Waals surface area contributed by atoms with E-state index in [0.29, 0.717) is 13.0 Å². The van der Waals surface area contributed by atoms with Gasteiger partial charge in [0, 0.05) is 5.56 Å². The minimum Gasteiger partial charge on any atom is -0.491 e. The van der Waals surface area contributed by atoms with E-state index in [1.165, 1.54) is 19.1 Å². The Labute approximate surface area is 209 Å². The van der Waals surface area contributed by atoms with Crippen molar-refractivity contribution in [2.24, 2.45) is 5.73 Å². The molecule has 36 heavy (non-hydrogen) atoms.